The lowest BCUT2D eigenvalue weighted by atomic mass is 9.97. The molecule has 0 unspecified atom stereocenters. The Balaban J connectivity index is 5.00. The van der Waals surface area contributed by atoms with Gasteiger partial charge in [0, 0.05) is 31.4 Å². The van der Waals surface area contributed by atoms with Crippen molar-refractivity contribution < 1.29 is 5.11 Å². The van der Waals surface area contributed by atoms with E-state index in [9.17, 15) is 0 Å². The SMILES string of the molecule is C=N/C(=C\N(C(C)C)C(C)(C)CCO)NC. The van der Waals surface area contributed by atoms with Crippen LogP contribution in [0.1, 0.15) is 34.1 Å². The first kappa shape index (κ1) is 15.0. The quantitative estimate of drug-likeness (QED) is 0.649. The van der Waals surface area contributed by atoms with Crippen LogP contribution in [0.3, 0.4) is 0 Å². The van der Waals surface area contributed by atoms with E-state index in [0.717, 1.165) is 12.2 Å². The Kier molecular flexibility index (Phi) is 6.11. The molecule has 0 aliphatic carbocycles. The number of rotatable bonds is 7. The van der Waals surface area contributed by atoms with Crippen molar-refractivity contribution in [3.05, 3.63) is 12.0 Å². The predicted octanol–water partition coefficient (Wildman–Crippen LogP) is 1.58. The summed E-state index contributed by atoms with van der Waals surface area (Å²) in [6.07, 6.45) is 2.67. The van der Waals surface area contributed by atoms with Gasteiger partial charge in [-0.3, -0.25) is 0 Å². The van der Waals surface area contributed by atoms with Gasteiger partial charge < -0.3 is 15.3 Å². The Hall–Kier alpha value is -1.03. The Labute approximate surface area is 99.1 Å². The molecule has 2 N–H and O–H groups in total. The van der Waals surface area contributed by atoms with Crippen LogP contribution in [0.5, 0.6) is 0 Å². The van der Waals surface area contributed by atoms with Gasteiger partial charge in [0.05, 0.1) is 0 Å². The van der Waals surface area contributed by atoms with E-state index in [1.807, 2.05) is 13.2 Å². The van der Waals surface area contributed by atoms with Gasteiger partial charge in [-0.2, -0.15) is 0 Å². The van der Waals surface area contributed by atoms with Gasteiger partial charge in [0.25, 0.3) is 0 Å². The van der Waals surface area contributed by atoms with E-state index < -0.39 is 0 Å². The minimum atomic E-state index is -0.101. The summed E-state index contributed by atoms with van der Waals surface area (Å²) in [5.41, 5.74) is -0.101. The standard InChI is InChI=1S/C12H25N3O/c1-10(2)15(9-11(13-5)14-6)12(3,4)7-8-16/h9-10,14,16H,5,7-8H2,1-4,6H3/b11-9+. The van der Waals surface area contributed by atoms with E-state index in [-0.39, 0.29) is 12.1 Å². The molecule has 16 heavy (non-hydrogen) atoms. The number of aliphatic hydroxyl groups excluding tert-OH is 1. The van der Waals surface area contributed by atoms with Crippen LogP contribution in [-0.2, 0) is 0 Å². The van der Waals surface area contributed by atoms with Crippen molar-refractivity contribution in [2.75, 3.05) is 13.7 Å². The summed E-state index contributed by atoms with van der Waals surface area (Å²) in [6, 6.07) is 0.339. The fourth-order valence-electron chi connectivity index (χ4n) is 1.74. The number of hydrogen-bond donors (Lipinski definition) is 2. The molecule has 0 aliphatic heterocycles. The summed E-state index contributed by atoms with van der Waals surface area (Å²) in [4.78, 5) is 6.08. The first-order chi connectivity index (χ1) is 7.38. The van der Waals surface area contributed by atoms with Crippen LogP contribution in [0.15, 0.2) is 17.0 Å². The highest BCUT2D eigenvalue weighted by Crippen LogP contribution is 2.22. The summed E-state index contributed by atoms with van der Waals surface area (Å²) in [5, 5.41) is 12.1. The summed E-state index contributed by atoms with van der Waals surface area (Å²) in [6.45, 7) is 12.1. The van der Waals surface area contributed by atoms with Gasteiger partial charge in [0.2, 0.25) is 0 Å². The lowest BCUT2D eigenvalue weighted by molar-refractivity contribution is 0.109. The molecule has 94 valence electrons. The summed E-state index contributed by atoms with van der Waals surface area (Å²) in [7, 11) is 1.82. The number of nitrogens with one attached hydrogen (secondary N) is 1. The highest BCUT2D eigenvalue weighted by molar-refractivity contribution is 5.28. The topological polar surface area (TPSA) is 47.9 Å². The van der Waals surface area contributed by atoms with Gasteiger partial charge in [-0.25, -0.2) is 4.99 Å². The second-order valence-electron chi connectivity index (χ2n) is 4.71. The van der Waals surface area contributed by atoms with Crippen LogP contribution in [0.4, 0.5) is 0 Å². The monoisotopic (exact) mass is 227 g/mol. The van der Waals surface area contributed by atoms with Crippen LogP contribution in [0.25, 0.3) is 0 Å². The van der Waals surface area contributed by atoms with E-state index in [0.29, 0.717) is 6.04 Å². The van der Waals surface area contributed by atoms with Crippen molar-refractivity contribution >= 4 is 6.72 Å². The van der Waals surface area contributed by atoms with Crippen molar-refractivity contribution in [3.8, 4) is 0 Å². The normalized spacial score (nSPS) is 12.8. The molecule has 0 bridgehead atoms. The molecule has 0 atom stereocenters. The predicted molar refractivity (Wildman–Crippen MR) is 69.4 cm³/mol. The Morgan fingerprint density at radius 3 is 2.44 bits per heavy atom. The maximum atomic E-state index is 9.08. The summed E-state index contributed by atoms with van der Waals surface area (Å²) < 4.78 is 0. The van der Waals surface area contributed by atoms with E-state index >= 15 is 0 Å². The van der Waals surface area contributed by atoms with E-state index in [2.05, 4.69) is 49.6 Å². The molecule has 0 saturated carbocycles. The molecule has 0 spiro atoms. The van der Waals surface area contributed by atoms with Crippen molar-refractivity contribution in [1.82, 2.24) is 10.2 Å². The molecule has 0 fully saturated rings. The van der Waals surface area contributed by atoms with Gasteiger partial charge in [0.1, 0.15) is 5.82 Å². The zero-order chi connectivity index (χ0) is 12.8. The van der Waals surface area contributed by atoms with Gasteiger partial charge in [-0.05, 0) is 40.8 Å². The third kappa shape index (κ3) is 4.23. The average Bonchev–Trinajstić information content (AvgIpc) is 2.18. The molecule has 0 radical (unpaired) electrons. The molecule has 4 heteroatoms. The first-order valence-electron chi connectivity index (χ1n) is 5.64. The van der Waals surface area contributed by atoms with E-state index in [4.69, 9.17) is 5.11 Å². The molecule has 4 nitrogen and oxygen atoms in total. The zero-order valence-electron chi connectivity index (χ0n) is 11.1. The second kappa shape index (κ2) is 6.53. The minimum absolute atomic E-state index is 0.101. The fraction of sp³-hybridized carbons (Fsp3) is 0.750. The molecule has 0 aromatic heterocycles. The summed E-state index contributed by atoms with van der Waals surface area (Å²) in [5.74, 6) is 0.736. The molecule has 0 aromatic rings. The van der Waals surface area contributed by atoms with Gasteiger partial charge >= 0.3 is 0 Å². The van der Waals surface area contributed by atoms with Crippen molar-refractivity contribution in [2.24, 2.45) is 4.99 Å². The smallest absolute Gasteiger partial charge is 0.141 e. The number of aliphatic imine (C=N–C) groups is 1. The average molecular weight is 227 g/mol. The molecule has 0 amide bonds. The first-order valence-corrected chi connectivity index (χ1v) is 5.64. The molecule has 0 saturated heterocycles. The molecule has 0 rings (SSSR count). The van der Waals surface area contributed by atoms with E-state index in [1.165, 1.54) is 0 Å². The van der Waals surface area contributed by atoms with Crippen LogP contribution in [0, 0.1) is 0 Å². The maximum absolute atomic E-state index is 9.08. The molecule has 0 heterocycles. The summed E-state index contributed by atoms with van der Waals surface area (Å²) >= 11 is 0. The largest absolute Gasteiger partial charge is 0.396 e. The number of aliphatic hydroxyl groups is 1. The minimum Gasteiger partial charge on any atom is -0.396 e. The fourth-order valence-corrected chi connectivity index (χ4v) is 1.74. The van der Waals surface area contributed by atoms with Crippen molar-refractivity contribution in [1.29, 1.82) is 0 Å². The Morgan fingerprint density at radius 2 is 2.12 bits per heavy atom. The van der Waals surface area contributed by atoms with Crippen LogP contribution in [0.2, 0.25) is 0 Å². The molecular formula is C12H25N3O. The second-order valence-corrected chi connectivity index (χ2v) is 4.71. The van der Waals surface area contributed by atoms with Gasteiger partial charge in [-0.15, -0.1) is 0 Å². The Bertz CT molecular complexity index is 247. The van der Waals surface area contributed by atoms with Gasteiger partial charge in [-0.1, -0.05) is 0 Å². The van der Waals surface area contributed by atoms with Crippen LogP contribution >= 0.6 is 0 Å². The molecule has 0 aromatic carbocycles. The zero-order valence-corrected chi connectivity index (χ0v) is 11.1. The third-order valence-electron chi connectivity index (χ3n) is 2.67. The lowest BCUT2D eigenvalue weighted by Crippen LogP contribution is -2.45. The lowest BCUT2D eigenvalue weighted by Gasteiger charge is -2.41. The van der Waals surface area contributed by atoms with E-state index in [1.54, 1.807) is 0 Å². The van der Waals surface area contributed by atoms with Crippen LogP contribution < -0.4 is 5.32 Å². The van der Waals surface area contributed by atoms with Crippen molar-refractivity contribution in [2.45, 2.75) is 45.7 Å². The van der Waals surface area contributed by atoms with Crippen molar-refractivity contribution in [3.63, 3.8) is 0 Å². The van der Waals surface area contributed by atoms with Crippen LogP contribution in [-0.4, -0.2) is 42.0 Å². The highest BCUT2D eigenvalue weighted by atomic mass is 16.3. The third-order valence-corrected chi connectivity index (χ3v) is 2.67. The molecule has 0 aliphatic rings. The maximum Gasteiger partial charge on any atom is 0.141 e. The van der Waals surface area contributed by atoms with Gasteiger partial charge in [0.15, 0.2) is 0 Å². The Morgan fingerprint density at radius 1 is 1.56 bits per heavy atom. The number of nitrogens with zero attached hydrogens (tertiary/aromatic N) is 2. The number of hydrogen-bond acceptors (Lipinski definition) is 4. The highest BCUT2D eigenvalue weighted by Gasteiger charge is 2.26. The molecular weight excluding hydrogens is 202 g/mol.